The zero-order valence-electron chi connectivity index (χ0n) is 9.15. The second-order valence-corrected chi connectivity index (χ2v) is 4.27. The summed E-state index contributed by atoms with van der Waals surface area (Å²) in [6.07, 6.45) is 1.43. The molecule has 0 aliphatic carbocycles. The molecule has 15 heavy (non-hydrogen) atoms. The minimum absolute atomic E-state index is 0.0861. The molecule has 0 unspecified atom stereocenters. The first-order valence-corrected chi connectivity index (χ1v) is 4.72. The van der Waals surface area contributed by atoms with Gasteiger partial charge in [-0.05, 0) is 32.9 Å². The van der Waals surface area contributed by atoms with Crippen LogP contribution in [-0.4, -0.2) is 21.7 Å². The highest BCUT2D eigenvalue weighted by atomic mass is 16.6. The molecule has 4 nitrogen and oxygen atoms in total. The van der Waals surface area contributed by atoms with E-state index in [0.717, 1.165) is 0 Å². The van der Waals surface area contributed by atoms with Crippen molar-refractivity contribution in [1.29, 1.82) is 0 Å². The van der Waals surface area contributed by atoms with E-state index in [0.29, 0.717) is 5.69 Å². The normalized spacial score (nSPS) is 11.1. The largest absolute Gasteiger partial charge is 0.506 e. The quantitative estimate of drug-likeness (QED) is 0.753. The first-order chi connectivity index (χ1) is 6.87. The number of hydrogen-bond donors (Lipinski definition) is 1. The lowest BCUT2D eigenvalue weighted by atomic mass is 10.2. The van der Waals surface area contributed by atoms with Gasteiger partial charge in [0, 0.05) is 0 Å². The van der Waals surface area contributed by atoms with E-state index < -0.39 is 5.60 Å². The molecule has 82 valence electrons. The number of esters is 1. The van der Waals surface area contributed by atoms with Crippen LogP contribution in [0.3, 0.4) is 0 Å². The molecule has 0 radical (unpaired) electrons. The van der Waals surface area contributed by atoms with Gasteiger partial charge in [0.15, 0.2) is 0 Å². The van der Waals surface area contributed by atoms with Gasteiger partial charge in [0.25, 0.3) is 0 Å². The summed E-state index contributed by atoms with van der Waals surface area (Å²) in [5.74, 6) is -0.233. The maximum atomic E-state index is 11.4. The molecule has 0 saturated heterocycles. The molecule has 0 atom stereocenters. The Morgan fingerprint density at radius 2 is 2.13 bits per heavy atom. The van der Waals surface area contributed by atoms with Gasteiger partial charge in [-0.15, -0.1) is 0 Å². The molecule has 0 saturated carbocycles. The number of aromatic nitrogens is 1. The summed E-state index contributed by atoms with van der Waals surface area (Å²) in [5, 5.41) is 9.00. The van der Waals surface area contributed by atoms with Crippen molar-refractivity contribution in [2.45, 2.75) is 32.8 Å². The zero-order chi connectivity index (χ0) is 11.5. The standard InChI is InChI=1S/C11H15NO3/c1-11(2,3)15-10(14)6-8-4-5-9(13)7-12-8/h4-5,7,13H,6H2,1-3H3. The summed E-state index contributed by atoms with van der Waals surface area (Å²) in [6, 6.07) is 3.09. The molecule has 0 bridgehead atoms. The number of pyridine rings is 1. The third-order valence-electron chi connectivity index (χ3n) is 1.55. The molecular weight excluding hydrogens is 194 g/mol. The Kier molecular flexibility index (Phi) is 3.29. The molecule has 1 N–H and O–H groups in total. The van der Waals surface area contributed by atoms with Gasteiger partial charge in [-0.25, -0.2) is 0 Å². The Bertz CT molecular complexity index is 338. The fraction of sp³-hybridized carbons (Fsp3) is 0.455. The van der Waals surface area contributed by atoms with E-state index in [1.165, 1.54) is 12.3 Å². The predicted molar refractivity (Wildman–Crippen MR) is 55.5 cm³/mol. The zero-order valence-corrected chi connectivity index (χ0v) is 9.15. The van der Waals surface area contributed by atoms with E-state index in [1.54, 1.807) is 6.07 Å². The number of carbonyl (C=O) groups excluding carboxylic acids is 1. The van der Waals surface area contributed by atoms with Crippen molar-refractivity contribution >= 4 is 5.97 Å². The predicted octanol–water partition coefficient (Wildman–Crippen LogP) is 1.67. The van der Waals surface area contributed by atoms with Crippen LogP contribution in [0.5, 0.6) is 5.75 Å². The SMILES string of the molecule is CC(C)(C)OC(=O)Cc1ccc(O)cn1. The molecule has 4 heteroatoms. The topological polar surface area (TPSA) is 59.4 Å². The van der Waals surface area contributed by atoms with E-state index in [9.17, 15) is 4.79 Å². The molecule has 1 aromatic rings. The highest BCUT2D eigenvalue weighted by molar-refractivity contribution is 5.72. The van der Waals surface area contributed by atoms with Gasteiger partial charge >= 0.3 is 5.97 Å². The molecule has 1 aromatic heterocycles. The highest BCUT2D eigenvalue weighted by Crippen LogP contribution is 2.10. The fourth-order valence-electron chi connectivity index (χ4n) is 1.05. The van der Waals surface area contributed by atoms with Crippen LogP contribution in [-0.2, 0) is 16.0 Å². The molecule has 0 fully saturated rings. The number of ether oxygens (including phenoxy) is 1. The van der Waals surface area contributed by atoms with Crippen molar-refractivity contribution in [2.24, 2.45) is 0 Å². The van der Waals surface area contributed by atoms with Crippen molar-refractivity contribution in [2.75, 3.05) is 0 Å². The van der Waals surface area contributed by atoms with Gasteiger partial charge in [0.1, 0.15) is 11.4 Å². The van der Waals surface area contributed by atoms with Crippen LogP contribution in [0.4, 0.5) is 0 Å². The molecule has 0 amide bonds. The van der Waals surface area contributed by atoms with E-state index >= 15 is 0 Å². The van der Waals surface area contributed by atoms with Crippen LogP contribution in [0.1, 0.15) is 26.5 Å². The third-order valence-corrected chi connectivity index (χ3v) is 1.55. The smallest absolute Gasteiger partial charge is 0.312 e. The lowest BCUT2D eigenvalue weighted by Crippen LogP contribution is -2.25. The van der Waals surface area contributed by atoms with Gasteiger partial charge < -0.3 is 9.84 Å². The van der Waals surface area contributed by atoms with Gasteiger partial charge in [-0.3, -0.25) is 9.78 Å². The van der Waals surface area contributed by atoms with Crippen LogP contribution in [0, 0.1) is 0 Å². The summed E-state index contributed by atoms with van der Waals surface area (Å²) < 4.78 is 5.13. The van der Waals surface area contributed by atoms with Crippen LogP contribution >= 0.6 is 0 Å². The van der Waals surface area contributed by atoms with Crippen LogP contribution in [0.25, 0.3) is 0 Å². The molecule has 1 rings (SSSR count). The molecule has 0 aliphatic rings. The number of rotatable bonds is 2. The van der Waals surface area contributed by atoms with Crippen molar-refractivity contribution in [1.82, 2.24) is 4.98 Å². The summed E-state index contributed by atoms with van der Waals surface area (Å²) >= 11 is 0. The maximum absolute atomic E-state index is 11.4. The van der Waals surface area contributed by atoms with Crippen molar-refractivity contribution in [3.63, 3.8) is 0 Å². The first kappa shape index (κ1) is 11.5. The van der Waals surface area contributed by atoms with Gasteiger partial charge in [-0.2, -0.15) is 0 Å². The fourth-order valence-corrected chi connectivity index (χ4v) is 1.05. The first-order valence-electron chi connectivity index (χ1n) is 4.72. The highest BCUT2D eigenvalue weighted by Gasteiger charge is 2.16. The molecule has 0 aromatic carbocycles. The Balaban J connectivity index is 2.55. The van der Waals surface area contributed by atoms with Gasteiger partial charge in [0.2, 0.25) is 0 Å². The Morgan fingerprint density at radius 3 is 2.60 bits per heavy atom. The lowest BCUT2D eigenvalue weighted by molar-refractivity contribution is -0.153. The third kappa shape index (κ3) is 4.44. The van der Waals surface area contributed by atoms with Crippen LogP contribution < -0.4 is 0 Å². The van der Waals surface area contributed by atoms with E-state index in [4.69, 9.17) is 9.84 Å². The molecule has 0 spiro atoms. The van der Waals surface area contributed by atoms with Crippen LogP contribution in [0.2, 0.25) is 0 Å². The van der Waals surface area contributed by atoms with Gasteiger partial charge in [0.05, 0.1) is 18.3 Å². The second-order valence-electron chi connectivity index (χ2n) is 4.27. The Labute approximate surface area is 88.9 Å². The minimum Gasteiger partial charge on any atom is -0.506 e. The lowest BCUT2D eigenvalue weighted by Gasteiger charge is -2.19. The summed E-state index contributed by atoms with van der Waals surface area (Å²) in [5.41, 5.74) is 0.107. The van der Waals surface area contributed by atoms with E-state index in [1.807, 2.05) is 20.8 Å². The summed E-state index contributed by atoms with van der Waals surface area (Å²) in [6.45, 7) is 5.44. The number of carbonyl (C=O) groups is 1. The summed E-state index contributed by atoms with van der Waals surface area (Å²) in [7, 11) is 0. The van der Waals surface area contributed by atoms with Crippen molar-refractivity contribution < 1.29 is 14.6 Å². The van der Waals surface area contributed by atoms with Crippen LogP contribution in [0.15, 0.2) is 18.3 Å². The van der Waals surface area contributed by atoms with E-state index in [-0.39, 0.29) is 18.1 Å². The number of aromatic hydroxyl groups is 1. The average Bonchev–Trinajstić information content (AvgIpc) is 2.05. The number of nitrogens with zero attached hydrogens (tertiary/aromatic N) is 1. The average molecular weight is 209 g/mol. The van der Waals surface area contributed by atoms with Gasteiger partial charge in [-0.1, -0.05) is 0 Å². The molecule has 1 heterocycles. The second kappa shape index (κ2) is 4.29. The number of hydrogen-bond acceptors (Lipinski definition) is 4. The minimum atomic E-state index is -0.478. The Hall–Kier alpha value is -1.58. The Morgan fingerprint density at radius 1 is 1.47 bits per heavy atom. The van der Waals surface area contributed by atoms with Crippen molar-refractivity contribution in [3.8, 4) is 5.75 Å². The molecular formula is C11H15NO3. The summed E-state index contributed by atoms with van der Waals surface area (Å²) in [4.78, 5) is 15.3. The molecule has 0 aliphatic heterocycles. The monoisotopic (exact) mass is 209 g/mol. The van der Waals surface area contributed by atoms with E-state index in [2.05, 4.69) is 4.98 Å². The van der Waals surface area contributed by atoms with Crippen molar-refractivity contribution in [3.05, 3.63) is 24.0 Å². The maximum Gasteiger partial charge on any atom is 0.312 e.